The SMILES string of the molecule is CC1(C)CC(=O)c2cn(-c3ccccc3)c(=O)c(C(=O)N3CCN(c4ccccn4)CC3)c2C1. The van der Waals surface area contributed by atoms with Gasteiger partial charge in [0.2, 0.25) is 0 Å². The number of hydrogen-bond acceptors (Lipinski definition) is 5. The lowest BCUT2D eigenvalue weighted by Gasteiger charge is -2.36. The maximum absolute atomic E-state index is 13.8. The summed E-state index contributed by atoms with van der Waals surface area (Å²) in [5.74, 6) is 0.563. The Morgan fingerprint density at radius 3 is 2.29 bits per heavy atom. The van der Waals surface area contributed by atoms with Crippen molar-refractivity contribution in [2.45, 2.75) is 26.7 Å². The second kappa shape index (κ2) is 8.56. The second-order valence-electron chi connectivity index (χ2n) is 9.82. The Morgan fingerprint density at radius 1 is 0.912 bits per heavy atom. The number of pyridine rings is 2. The molecule has 1 saturated heterocycles. The normalized spacial score (nSPS) is 17.4. The standard InChI is InChI=1S/C27H28N4O3/c1-27(2)16-20-21(22(32)17-27)18-31(19-8-4-3-5-9-19)26(34)24(20)25(33)30-14-12-29(13-15-30)23-10-6-7-11-28-23/h3-11,18H,12-17H2,1-2H3. The van der Waals surface area contributed by atoms with E-state index in [9.17, 15) is 14.4 Å². The van der Waals surface area contributed by atoms with Crippen LogP contribution in [0, 0.1) is 5.41 Å². The van der Waals surface area contributed by atoms with Gasteiger partial charge in [-0.1, -0.05) is 38.1 Å². The van der Waals surface area contributed by atoms with Crippen molar-refractivity contribution >= 4 is 17.5 Å². The van der Waals surface area contributed by atoms with E-state index in [0.717, 1.165) is 5.82 Å². The van der Waals surface area contributed by atoms with Crippen molar-refractivity contribution < 1.29 is 9.59 Å². The van der Waals surface area contributed by atoms with Gasteiger partial charge >= 0.3 is 0 Å². The first kappa shape index (κ1) is 22.1. The lowest BCUT2D eigenvalue weighted by Crippen LogP contribution is -2.50. The topological polar surface area (TPSA) is 75.5 Å². The molecule has 0 spiro atoms. The molecule has 0 N–H and O–H groups in total. The van der Waals surface area contributed by atoms with Crippen molar-refractivity contribution in [3.05, 3.63) is 88.0 Å². The lowest BCUT2D eigenvalue weighted by atomic mass is 9.73. The molecular formula is C27H28N4O3. The number of nitrogens with zero attached hydrogens (tertiary/aromatic N) is 4. The molecule has 3 aromatic rings. The van der Waals surface area contributed by atoms with Crippen molar-refractivity contribution in [3.8, 4) is 5.69 Å². The molecule has 2 aliphatic rings. The Morgan fingerprint density at radius 2 is 1.62 bits per heavy atom. The van der Waals surface area contributed by atoms with Crippen LogP contribution in [0.1, 0.15) is 46.5 Å². The van der Waals surface area contributed by atoms with Crippen molar-refractivity contribution in [3.63, 3.8) is 0 Å². The zero-order chi connectivity index (χ0) is 23.9. The Balaban J connectivity index is 1.54. The molecule has 2 aromatic heterocycles. The first-order chi connectivity index (χ1) is 16.3. The maximum Gasteiger partial charge on any atom is 0.268 e. The average molecular weight is 457 g/mol. The highest BCUT2D eigenvalue weighted by Crippen LogP contribution is 2.36. The van der Waals surface area contributed by atoms with Gasteiger partial charge in [-0.15, -0.1) is 0 Å². The highest BCUT2D eigenvalue weighted by atomic mass is 16.2. The zero-order valence-electron chi connectivity index (χ0n) is 19.5. The summed E-state index contributed by atoms with van der Waals surface area (Å²) >= 11 is 0. The Bertz CT molecular complexity index is 1290. The molecule has 1 amide bonds. The molecule has 5 rings (SSSR count). The molecule has 0 bridgehead atoms. The quantitative estimate of drug-likeness (QED) is 0.604. The fraction of sp³-hybridized carbons (Fsp3) is 0.333. The summed E-state index contributed by atoms with van der Waals surface area (Å²) < 4.78 is 1.45. The summed E-state index contributed by atoms with van der Waals surface area (Å²) in [5.41, 5.74) is 1.18. The highest BCUT2D eigenvalue weighted by Gasteiger charge is 2.37. The van der Waals surface area contributed by atoms with Gasteiger partial charge in [0.25, 0.3) is 11.5 Å². The van der Waals surface area contributed by atoms with E-state index in [0.29, 0.717) is 55.8 Å². The third kappa shape index (κ3) is 4.02. The van der Waals surface area contributed by atoms with Gasteiger partial charge in [-0.2, -0.15) is 0 Å². The Kier molecular flexibility index (Phi) is 5.55. The number of carbonyl (C=O) groups is 2. The molecule has 1 aliphatic carbocycles. The Hall–Kier alpha value is -3.74. The number of aromatic nitrogens is 2. The van der Waals surface area contributed by atoms with Crippen LogP contribution in [0.3, 0.4) is 0 Å². The maximum atomic E-state index is 13.8. The third-order valence-corrected chi connectivity index (χ3v) is 6.70. The molecule has 0 radical (unpaired) electrons. The first-order valence-corrected chi connectivity index (χ1v) is 11.7. The smallest absolute Gasteiger partial charge is 0.268 e. The number of anilines is 1. The van der Waals surface area contributed by atoms with E-state index < -0.39 is 0 Å². The number of hydrogen-bond donors (Lipinski definition) is 0. The van der Waals surface area contributed by atoms with Crippen LogP contribution in [0.15, 0.2) is 65.7 Å². The molecule has 0 saturated carbocycles. The minimum atomic E-state index is -0.368. The van der Waals surface area contributed by atoms with Gasteiger partial charge in [0, 0.05) is 56.2 Å². The van der Waals surface area contributed by atoms with E-state index in [1.165, 1.54) is 4.57 Å². The van der Waals surface area contributed by atoms with Gasteiger partial charge in [0.1, 0.15) is 11.4 Å². The lowest BCUT2D eigenvalue weighted by molar-refractivity contribution is 0.0741. The van der Waals surface area contributed by atoms with E-state index in [-0.39, 0.29) is 28.2 Å². The summed E-state index contributed by atoms with van der Waals surface area (Å²) in [6, 6.07) is 14.9. The second-order valence-corrected chi connectivity index (χ2v) is 9.82. The number of fused-ring (bicyclic) bond motifs is 1. The monoisotopic (exact) mass is 456 g/mol. The minimum absolute atomic E-state index is 0.0232. The molecule has 7 heteroatoms. The number of para-hydroxylation sites is 1. The summed E-state index contributed by atoms with van der Waals surface area (Å²) in [7, 11) is 0. The molecule has 7 nitrogen and oxygen atoms in total. The van der Waals surface area contributed by atoms with Gasteiger partial charge in [0.05, 0.1) is 0 Å². The predicted octanol–water partition coefficient (Wildman–Crippen LogP) is 3.35. The minimum Gasteiger partial charge on any atom is -0.353 e. The summed E-state index contributed by atoms with van der Waals surface area (Å²) in [4.78, 5) is 48.9. The molecule has 0 unspecified atom stereocenters. The van der Waals surface area contributed by atoms with Gasteiger partial charge in [-0.05, 0) is 41.7 Å². The number of rotatable bonds is 3. The first-order valence-electron chi connectivity index (χ1n) is 11.7. The van der Waals surface area contributed by atoms with Crippen LogP contribution in [0.2, 0.25) is 0 Å². The molecule has 1 aromatic carbocycles. The molecular weight excluding hydrogens is 428 g/mol. The molecule has 0 atom stereocenters. The number of Topliss-reactive ketones (excluding diaryl/α,β-unsaturated/α-hetero) is 1. The number of piperazine rings is 1. The molecule has 174 valence electrons. The molecule has 1 fully saturated rings. The fourth-order valence-corrected chi connectivity index (χ4v) is 4.98. The van der Waals surface area contributed by atoms with Crippen LogP contribution in [0.5, 0.6) is 0 Å². The van der Waals surface area contributed by atoms with Gasteiger partial charge < -0.3 is 9.80 Å². The molecule has 3 heterocycles. The van der Waals surface area contributed by atoms with Crippen LogP contribution in [-0.2, 0) is 6.42 Å². The van der Waals surface area contributed by atoms with E-state index in [4.69, 9.17) is 0 Å². The van der Waals surface area contributed by atoms with Crippen LogP contribution < -0.4 is 10.5 Å². The number of benzene rings is 1. The van der Waals surface area contributed by atoms with E-state index >= 15 is 0 Å². The summed E-state index contributed by atoms with van der Waals surface area (Å²) in [6.45, 7) is 6.26. The van der Waals surface area contributed by atoms with Crippen LogP contribution in [-0.4, -0.2) is 52.3 Å². The fourth-order valence-electron chi connectivity index (χ4n) is 4.98. The van der Waals surface area contributed by atoms with Crippen molar-refractivity contribution in [2.75, 3.05) is 31.1 Å². The summed E-state index contributed by atoms with van der Waals surface area (Å²) in [5, 5.41) is 0. The number of carbonyl (C=O) groups excluding carboxylic acids is 2. The van der Waals surface area contributed by atoms with Crippen LogP contribution in [0.4, 0.5) is 5.82 Å². The Labute approximate surface area is 198 Å². The number of amides is 1. The van der Waals surface area contributed by atoms with Crippen molar-refractivity contribution in [1.82, 2.24) is 14.5 Å². The van der Waals surface area contributed by atoms with E-state index in [1.807, 2.05) is 62.4 Å². The molecule has 1 aliphatic heterocycles. The number of ketones is 1. The van der Waals surface area contributed by atoms with Crippen molar-refractivity contribution in [1.29, 1.82) is 0 Å². The van der Waals surface area contributed by atoms with Crippen molar-refractivity contribution in [2.24, 2.45) is 5.41 Å². The summed E-state index contributed by atoms with van der Waals surface area (Å²) in [6.07, 6.45) is 4.30. The highest BCUT2D eigenvalue weighted by molar-refractivity contribution is 6.04. The van der Waals surface area contributed by atoms with E-state index in [2.05, 4.69) is 9.88 Å². The van der Waals surface area contributed by atoms with Gasteiger partial charge in [-0.25, -0.2) is 4.98 Å². The zero-order valence-corrected chi connectivity index (χ0v) is 19.5. The average Bonchev–Trinajstić information content (AvgIpc) is 2.84. The largest absolute Gasteiger partial charge is 0.353 e. The molecule has 34 heavy (non-hydrogen) atoms. The van der Waals surface area contributed by atoms with Gasteiger partial charge in [0.15, 0.2) is 5.78 Å². The predicted molar refractivity (Wildman–Crippen MR) is 131 cm³/mol. The van der Waals surface area contributed by atoms with E-state index in [1.54, 1.807) is 17.3 Å². The van der Waals surface area contributed by atoms with Crippen LogP contribution in [0.25, 0.3) is 5.69 Å². The van der Waals surface area contributed by atoms with Gasteiger partial charge in [-0.3, -0.25) is 19.0 Å². The van der Waals surface area contributed by atoms with Crippen LogP contribution >= 0.6 is 0 Å². The third-order valence-electron chi connectivity index (χ3n) is 6.70.